The summed E-state index contributed by atoms with van der Waals surface area (Å²) in [5.74, 6) is 1.90. The van der Waals surface area contributed by atoms with Gasteiger partial charge in [-0.25, -0.2) is 0 Å². The van der Waals surface area contributed by atoms with Crippen LogP contribution in [-0.4, -0.2) is 11.3 Å². The van der Waals surface area contributed by atoms with E-state index in [-0.39, 0.29) is 0 Å². The van der Waals surface area contributed by atoms with Crippen molar-refractivity contribution in [1.29, 1.82) is 0 Å². The molecule has 17 heavy (non-hydrogen) atoms. The number of hydrogen-bond acceptors (Lipinski definition) is 4. The van der Waals surface area contributed by atoms with Gasteiger partial charge in [-0.2, -0.15) is 0 Å². The number of nitrogen functional groups attached to an aromatic ring is 1. The number of benzene rings is 1. The maximum absolute atomic E-state index is 5.73. The first-order valence-corrected chi connectivity index (χ1v) is 6.20. The molecule has 0 amide bonds. The molecule has 1 fully saturated rings. The van der Waals surface area contributed by atoms with Gasteiger partial charge >= 0.3 is 0 Å². The average Bonchev–Trinajstić information content (AvgIpc) is 3.02. The fourth-order valence-electron chi connectivity index (χ4n) is 1.54. The van der Waals surface area contributed by atoms with Crippen LogP contribution in [0.5, 0.6) is 5.75 Å². The van der Waals surface area contributed by atoms with Gasteiger partial charge in [-0.1, -0.05) is 5.16 Å². The van der Waals surface area contributed by atoms with E-state index in [4.69, 9.17) is 15.0 Å². The van der Waals surface area contributed by atoms with Gasteiger partial charge in [0.15, 0.2) is 11.6 Å². The van der Waals surface area contributed by atoms with Crippen LogP contribution in [0.2, 0.25) is 0 Å². The van der Waals surface area contributed by atoms with E-state index in [0.717, 1.165) is 28.6 Å². The largest absolute Gasteiger partial charge is 0.489 e. The Kier molecular flexibility index (Phi) is 2.55. The number of nitrogens with zero attached hydrogens (tertiary/aromatic N) is 1. The molecule has 0 radical (unpaired) electrons. The highest BCUT2D eigenvalue weighted by atomic mass is 79.9. The van der Waals surface area contributed by atoms with Crippen molar-refractivity contribution in [2.45, 2.75) is 18.9 Å². The number of halogens is 1. The van der Waals surface area contributed by atoms with E-state index in [1.165, 1.54) is 0 Å². The van der Waals surface area contributed by atoms with Crippen LogP contribution in [0.1, 0.15) is 12.8 Å². The van der Waals surface area contributed by atoms with Crippen molar-refractivity contribution in [2.24, 2.45) is 0 Å². The summed E-state index contributed by atoms with van der Waals surface area (Å²) < 4.78 is 11.8. The third kappa shape index (κ3) is 2.29. The molecule has 0 atom stereocenters. The van der Waals surface area contributed by atoms with Gasteiger partial charge in [0.1, 0.15) is 5.75 Å². The third-order valence-corrected chi connectivity index (χ3v) is 3.18. The van der Waals surface area contributed by atoms with Crippen molar-refractivity contribution in [3.63, 3.8) is 0 Å². The summed E-state index contributed by atoms with van der Waals surface area (Å²) in [4.78, 5) is 0. The maximum Gasteiger partial charge on any atom is 0.169 e. The summed E-state index contributed by atoms with van der Waals surface area (Å²) in [6, 6.07) is 7.50. The van der Waals surface area contributed by atoms with Crippen molar-refractivity contribution < 1.29 is 9.26 Å². The standard InChI is InChI=1S/C12H11BrN2O2/c13-9-5-7(11-6-12(14)15-17-11)1-4-10(9)16-8-2-3-8/h1,4-6,8H,2-3H2,(H2,14,15). The quantitative estimate of drug-likeness (QED) is 0.944. The van der Waals surface area contributed by atoms with Gasteiger partial charge in [-0.3, -0.25) is 0 Å². The van der Waals surface area contributed by atoms with Gasteiger partial charge in [0, 0.05) is 11.6 Å². The fourth-order valence-corrected chi connectivity index (χ4v) is 2.01. The first kappa shape index (κ1) is 10.7. The molecular formula is C12H11BrN2O2. The van der Waals surface area contributed by atoms with Gasteiger partial charge < -0.3 is 15.0 Å². The first-order valence-electron chi connectivity index (χ1n) is 5.41. The molecule has 3 rings (SSSR count). The van der Waals surface area contributed by atoms with E-state index >= 15 is 0 Å². The lowest BCUT2D eigenvalue weighted by molar-refractivity contribution is 0.301. The molecular weight excluding hydrogens is 284 g/mol. The highest BCUT2D eigenvalue weighted by molar-refractivity contribution is 9.10. The Morgan fingerprint density at radius 2 is 2.18 bits per heavy atom. The number of aromatic nitrogens is 1. The zero-order valence-corrected chi connectivity index (χ0v) is 10.6. The number of nitrogens with two attached hydrogens (primary N) is 1. The molecule has 1 aliphatic carbocycles. The van der Waals surface area contributed by atoms with Crippen molar-refractivity contribution in [1.82, 2.24) is 5.16 Å². The summed E-state index contributed by atoms with van der Waals surface area (Å²) in [7, 11) is 0. The molecule has 0 unspecified atom stereocenters. The van der Waals surface area contributed by atoms with E-state index < -0.39 is 0 Å². The van der Waals surface area contributed by atoms with Gasteiger partial charge in [0.05, 0.1) is 10.6 Å². The molecule has 1 aromatic heterocycles. The van der Waals surface area contributed by atoms with E-state index in [2.05, 4.69) is 21.1 Å². The van der Waals surface area contributed by atoms with Crippen molar-refractivity contribution >= 4 is 21.7 Å². The molecule has 0 saturated heterocycles. The average molecular weight is 295 g/mol. The van der Waals surface area contributed by atoms with Gasteiger partial charge in [-0.05, 0) is 47.0 Å². The lowest BCUT2D eigenvalue weighted by Crippen LogP contribution is -1.96. The zero-order valence-electron chi connectivity index (χ0n) is 9.02. The van der Waals surface area contributed by atoms with Crippen LogP contribution in [0.4, 0.5) is 5.82 Å². The summed E-state index contributed by atoms with van der Waals surface area (Å²) in [6.45, 7) is 0. The van der Waals surface area contributed by atoms with Crippen LogP contribution in [0.25, 0.3) is 11.3 Å². The molecule has 0 spiro atoms. The zero-order chi connectivity index (χ0) is 11.8. The molecule has 2 N–H and O–H groups in total. The molecule has 0 aliphatic heterocycles. The summed E-state index contributed by atoms with van der Waals surface area (Å²) >= 11 is 3.49. The predicted molar refractivity (Wildman–Crippen MR) is 67.7 cm³/mol. The monoisotopic (exact) mass is 294 g/mol. The minimum Gasteiger partial charge on any atom is -0.489 e. The van der Waals surface area contributed by atoms with Crippen molar-refractivity contribution in [3.8, 4) is 17.1 Å². The molecule has 4 nitrogen and oxygen atoms in total. The number of hydrogen-bond donors (Lipinski definition) is 1. The molecule has 1 saturated carbocycles. The lowest BCUT2D eigenvalue weighted by atomic mass is 10.1. The Balaban J connectivity index is 1.89. The number of anilines is 1. The highest BCUT2D eigenvalue weighted by Gasteiger charge is 2.24. The first-order chi connectivity index (χ1) is 8.22. The second-order valence-electron chi connectivity index (χ2n) is 4.08. The van der Waals surface area contributed by atoms with Crippen LogP contribution in [0, 0.1) is 0 Å². The van der Waals surface area contributed by atoms with E-state index in [1.54, 1.807) is 6.07 Å². The van der Waals surface area contributed by atoms with Crippen LogP contribution in [0.3, 0.4) is 0 Å². The van der Waals surface area contributed by atoms with E-state index in [9.17, 15) is 0 Å². The lowest BCUT2D eigenvalue weighted by Gasteiger charge is -2.07. The molecule has 5 heteroatoms. The normalized spacial score (nSPS) is 14.9. The maximum atomic E-state index is 5.73. The summed E-state index contributed by atoms with van der Waals surface area (Å²) in [5.41, 5.74) is 6.44. The fraction of sp³-hybridized carbons (Fsp3) is 0.250. The Bertz CT molecular complexity index is 549. The van der Waals surface area contributed by atoms with Crippen molar-refractivity contribution in [2.75, 3.05) is 5.73 Å². The van der Waals surface area contributed by atoms with Crippen molar-refractivity contribution in [3.05, 3.63) is 28.7 Å². The molecule has 1 aliphatic rings. The number of rotatable bonds is 3. The second kappa shape index (κ2) is 4.07. The van der Waals surface area contributed by atoms with Crippen LogP contribution >= 0.6 is 15.9 Å². The Morgan fingerprint density at radius 1 is 1.35 bits per heavy atom. The summed E-state index contributed by atoms with van der Waals surface area (Å²) in [5, 5.41) is 3.66. The van der Waals surface area contributed by atoms with E-state index in [1.807, 2.05) is 18.2 Å². The second-order valence-corrected chi connectivity index (χ2v) is 4.93. The Labute approximate surface area is 107 Å². The molecule has 88 valence electrons. The van der Waals surface area contributed by atoms with Gasteiger partial charge in [0.25, 0.3) is 0 Å². The topological polar surface area (TPSA) is 61.3 Å². The van der Waals surface area contributed by atoms with Gasteiger partial charge in [0.2, 0.25) is 0 Å². The van der Waals surface area contributed by atoms with Crippen LogP contribution in [-0.2, 0) is 0 Å². The SMILES string of the molecule is Nc1cc(-c2ccc(OC3CC3)c(Br)c2)on1. The molecule has 1 heterocycles. The van der Waals surface area contributed by atoms with E-state index in [0.29, 0.717) is 17.7 Å². The van der Waals surface area contributed by atoms with Gasteiger partial charge in [-0.15, -0.1) is 0 Å². The minimum atomic E-state index is 0.384. The minimum absolute atomic E-state index is 0.384. The smallest absolute Gasteiger partial charge is 0.169 e. The molecule has 2 aromatic rings. The predicted octanol–water partition coefficient (Wildman–Crippen LogP) is 3.23. The van der Waals surface area contributed by atoms with Crippen LogP contribution in [0.15, 0.2) is 33.3 Å². The Hall–Kier alpha value is -1.49. The molecule has 0 bridgehead atoms. The Morgan fingerprint density at radius 3 is 2.76 bits per heavy atom. The number of ether oxygens (including phenoxy) is 1. The molecule has 1 aromatic carbocycles. The summed E-state index contributed by atoms with van der Waals surface area (Å²) in [6.07, 6.45) is 2.68. The van der Waals surface area contributed by atoms with Crippen LogP contribution < -0.4 is 10.5 Å². The highest BCUT2D eigenvalue weighted by Crippen LogP contribution is 2.35. The third-order valence-electron chi connectivity index (χ3n) is 2.56.